The molecule has 0 radical (unpaired) electrons. The molecule has 0 atom stereocenters. The van der Waals surface area contributed by atoms with Crippen LogP contribution >= 0.6 is 0 Å². The lowest BCUT2D eigenvalue weighted by molar-refractivity contribution is 0.0996. The average molecular weight is 324 g/mol. The van der Waals surface area contributed by atoms with Crippen LogP contribution < -0.4 is 15.4 Å². The number of amides is 1. The molecule has 0 aliphatic rings. The van der Waals surface area contributed by atoms with Gasteiger partial charge in [-0.2, -0.15) is 0 Å². The Morgan fingerprint density at radius 3 is 2.46 bits per heavy atom. The molecule has 2 aromatic heterocycles. The first kappa shape index (κ1) is 15.5. The van der Waals surface area contributed by atoms with Crippen LogP contribution in [0.5, 0.6) is 5.75 Å². The number of nitrogens with zero attached hydrogens (tertiary/aromatic N) is 2. The summed E-state index contributed by atoms with van der Waals surface area (Å²) in [7, 11) is 0. The number of anilines is 3. The van der Waals surface area contributed by atoms with Gasteiger partial charge in [-0.25, -0.2) is 0 Å². The Bertz CT molecular complexity index is 784. The third-order valence-electron chi connectivity index (χ3n) is 3.09. The molecule has 1 amide bonds. The van der Waals surface area contributed by atoms with Gasteiger partial charge in [0.2, 0.25) is 0 Å². The number of nitrogens with one attached hydrogen (secondary N) is 2. The van der Waals surface area contributed by atoms with E-state index in [0.29, 0.717) is 18.2 Å². The van der Waals surface area contributed by atoms with Gasteiger partial charge in [-0.05, 0) is 55.5 Å². The zero-order valence-corrected chi connectivity index (χ0v) is 13.0. The molecule has 1 aromatic carbocycles. The number of carbonyl (C=O) groups is 1. The van der Waals surface area contributed by atoms with Gasteiger partial charge < -0.3 is 19.8 Å². The summed E-state index contributed by atoms with van der Waals surface area (Å²) in [5.41, 5.74) is 0.861. The predicted molar refractivity (Wildman–Crippen MR) is 89.6 cm³/mol. The van der Waals surface area contributed by atoms with Gasteiger partial charge in [-0.15, -0.1) is 10.2 Å². The van der Waals surface area contributed by atoms with E-state index in [9.17, 15) is 4.79 Å². The van der Waals surface area contributed by atoms with Crippen LogP contribution in [0.4, 0.5) is 17.3 Å². The van der Waals surface area contributed by atoms with E-state index in [2.05, 4.69) is 20.8 Å². The van der Waals surface area contributed by atoms with E-state index in [4.69, 9.17) is 9.15 Å². The summed E-state index contributed by atoms with van der Waals surface area (Å²) < 4.78 is 10.4. The Morgan fingerprint density at radius 1 is 1.08 bits per heavy atom. The largest absolute Gasteiger partial charge is 0.494 e. The number of hydrogen-bond donors (Lipinski definition) is 2. The van der Waals surface area contributed by atoms with Crippen molar-refractivity contribution in [1.82, 2.24) is 10.2 Å². The van der Waals surface area contributed by atoms with Crippen molar-refractivity contribution >= 4 is 23.2 Å². The Labute approximate surface area is 138 Å². The van der Waals surface area contributed by atoms with Crippen molar-refractivity contribution in [2.75, 3.05) is 17.2 Å². The third kappa shape index (κ3) is 3.89. The lowest BCUT2D eigenvalue weighted by Crippen LogP contribution is -2.12. The number of benzene rings is 1. The molecule has 0 unspecified atom stereocenters. The Balaban J connectivity index is 1.61. The summed E-state index contributed by atoms with van der Waals surface area (Å²) in [5, 5.41) is 13.7. The molecule has 7 nitrogen and oxygen atoms in total. The average Bonchev–Trinajstić information content (AvgIpc) is 3.13. The topological polar surface area (TPSA) is 89.3 Å². The van der Waals surface area contributed by atoms with Crippen LogP contribution in [0, 0.1) is 0 Å². The number of furan rings is 1. The van der Waals surface area contributed by atoms with Crippen molar-refractivity contribution in [3.05, 3.63) is 60.6 Å². The van der Waals surface area contributed by atoms with Crippen molar-refractivity contribution in [1.29, 1.82) is 0 Å². The second-order valence-corrected chi connectivity index (χ2v) is 4.82. The quantitative estimate of drug-likeness (QED) is 0.722. The minimum Gasteiger partial charge on any atom is -0.494 e. The van der Waals surface area contributed by atoms with Gasteiger partial charge in [0.05, 0.1) is 12.9 Å². The Hall–Kier alpha value is -3.35. The van der Waals surface area contributed by atoms with E-state index < -0.39 is 0 Å². The fraction of sp³-hybridized carbons (Fsp3) is 0.118. The molecule has 3 aromatic rings. The first-order valence-corrected chi connectivity index (χ1v) is 7.43. The highest BCUT2D eigenvalue weighted by Gasteiger charge is 2.09. The molecule has 0 spiro atoms. The second kappa shape index (κ2) is 7.28. The standard InChI is InChI=1S/C17H16N4O3/c1-2-23-13-7-5-12(6-8-13)18-15-9-10-16(21-20-15)19-17(22)14-4-3-11-24-14/h3-11H,2H2,1H3,(H,18,20)(H,19,21,22). The molecule has 2 N–H and O–H groups in total. The Morgan fingerprint density at radius 2 is 1.83 bits per heavy atom. The first-order valence-electron chi connectivity index (χ1n) is 7.43. The summed E-state index contributed by atoms with van der Waals surface area (Å²) in [4.78, 5) is 11.8. The highest BCUT2D eigenvalue weighted by atomic mass is 16.5. The maximum absolute atomic E-state index is 11.8. The maximum Gasteiger partial charge on any atom is 0.292 e. The molecule has 0 aliphatic carbocycles. The fourth-order valence-electron chi connectivity index (χ4n) is 2.00. The van der Waals surface area contributed by atoms with Gasteiger partial charge in [-0.3, -0.25) is 4.79 Å². The number of ether oxygens (including phenoxy) is 1. The van der Waals surface area contributed by atoms with Gasteiger partial charge in [0.1, 0.15) is 5.75 Å². The van der Waals surface area contributed by atoms with Crippen LogP contribution in [0.2, 0.25) is 0 Å². The van der Waals surface area contributed by atoms with Crippen LogP contribution in [0.15, 0.2) is 59.2 Å². The van der Waals surface area contributed by atoms with Gasteiger partial charge >= 0.3 is 0 Å². The lowest BCUT2D eigenvalue weighted by atomic mass is 10.3. The highest BCUT2D eigenvalue weighted by molar-refractivity contribution is 6.01. The van der Waals surface area contributed by atoms with Gasteiger partial charge in [0, 0.05) is 5.69 Å². The molecule has 7 heteroatoms. The van der Waals surface area contributed by atoms with E-state index in [1.165, 1.54) is 6.26 Å². The molecule has 3 rings (SSSR count). The van der Waals surface area contributed by atoms with Crippen molar-refractivity contribution in [2.45, 2.75) is 6.92 Å². The van der Waals surface area contributed by atoms with E-state index >= 15 is 0 Å². The lowest BCUT2D eigenvalue weighted by Gasteiger charge is -2.07. The zero-order valence-electron chi connectivity index (χ0n) is 13.0. The highest BCUT2D eigenvalue weighted by Crippen LogP contribution is 2.19. The molecule has 122 valence electrons. The molecule has 0 fully saturated rings. The van der Waals surface area contributed by atoms with Crippen molar-refractivity contribution in [3.8, 4) is 5.75 Å². The van der Waals surface area contributed by atoms with Crippen LogP contribution in [0.25, 0.3) is 0 Å². The smallest absolute Gasteiger partial charge is 0.292 e. The summed E-state index contributed by atoms with van der Waals surface area (Å²) in [6, 6.07) is 14.1. The van der Waals surface area contributed by atoms with Gasteiger partial charge in [-0.1, -0.05) is 0 Å². The van der Waals surface area contributed by atoms with Crippen molar-refractivity contribution in [3.63, 3.8) is 0 Å². The number of aromatic nitrogens is 2. The molecule has 0 saturated carbocycles. The number of carbonyl (C=O) groups excluding carboxylic acids is 1. The van der Waals surface area contributed by atoms with E-state index in [-0.39, 0.29) is 11.7 Å². The summed E-state index contributed by atoms with van der Waals surface area (Å²) >= 11 is 0. The molecule has 2 heterocycles. The summed E-state index contributed by atoms with van der Waals surface area (Å²) in [6.45, 7) is 2.57. The zero-order chi connectivity index (χ0) is 16.8. The van der Waals surface area contributed by atoms with E-state index in [0.717, 1.165) is 11.4 Å². The van der Waals surface area contributed by atoms with Gasteiger partial charge in [0.15, 0.2) is 17.4 Å². The molecule has 0 bridgehead atoms. The van der Waals surface area contributed by atoms with Crippen LogP contribution in [0.3, 0.4) is 0 Å². The third-order valence-corrected chi connectivity index (χ3v) is 3.09. The second-order valence-electron chi connectivity index (χ2n) is 4.82. The van der Waals surface area contributed by atoms with E-state index in [1.807, 2.05) is 31.2 Å². The molecular weight excluding hydrogens is 308 g/mol. The molecular formula is C17H16N4O3. The number of hydrogen-bond acceptors (Lipinski definition) is 6. The van der Waals surface area contributed by atoms with E-state index in [1.54, 1.807) is 24.3 Å². The van der Waals surface area contributed by atoms with Gasteiger partial charge in [0.25, 0.3) is 5.91 Å². The van der Waals surface area contributed by atoms with Crippen molar-refractivity contribution < 1.29 is 13.9 Å². The monoisotopic (exact) mass is 324 g/mol. The minimum absolute atomic E-state index is 0.216. The SMILES string of the molecule is CCOc1ccc(Nc2ccc(NC(=O)c3ccco3)nn2)cc1. The van der Waals surface area contributed by atoms with Crippen LogP contribution in [-0.2, 0) is 0 Å². The maximum atomic E-state index is 11.8. The molecule has 0 saturated heterocycles. The molecule has 0 aliphatic heterocycles. The Kier molecular flexibility index (Phi) is 4.71. The number of rotatable bonds is 6. The normalized spacial score (nSPS) is 10.2. The van der Waals surface area contributed by atoms with Crippen LogP contribution in [-0.4, -0.2) is 22.7 Å². The summed E-state index contributed by atoms with van der Waals surface area (Å²) in [6.07, 6.45) is 1.43. The molecule has 24 heavy (non-hydrogen) atoms. The minimum atomic E-state index is -0.374. The fourth-order valence-corrected chi connectivity index (χ4v) is 2.00. The predicted octanol–water partition coefficient (Wildman–Crippen LogP) is 3.46. The summed E-state index contributed by atoms with van der Waals surface area (Å²) in [5.74, 6) is 1.56. The van der Waals surface area contributed by atoms with Crippen LogP contribution in [0.1, 0.15) is 17.5 Å². The van der Waals surface area contributed by atoms with Crippen molar-refractivity contribution in [2.24, 2.45) is 0 Å². The first-order chi connectivity index (χ1) is 11.7.